The maximum absolute atomic E-state index is 3.87. The molecule has 0 N–H and O–H groups in total. The Morgan fingerprint density at radius 2 is 2.00 bits per heavy atom. The van der Waals surface area contributed by atoms with E-state index in [0.717, 1.165) is 16.2 Å². The van der Waals surface area contributed by atoms with Crippen molar-refractivity contribution in [3.8, 4) is 0 Å². The Morgan fingerprint density at radius 3 is 2.11 bits per heavy atom. The largest absolute Gasteiger partial charge is 0.0947 e. The predicted octanol–water partition coefficient (Wildman–Crippen LogP) is 3.28. The van der Waals surface area contributed by atoms with E-state index in [1.807, 2.05) is 6.92 Å². The molecule has 0 aromatic rings. The van der Waals surface area contributed by atoms with Crippen LogP contribution in [0.25, 0.3) is 0 Å². The lowest BCUT2D eigenvalue weighted by Crippen LogP contribution is -1.89. The van der Waals surface area contributed by atoms with Gasteiger partial charge in [0.25, 0.3) is 0 Å². The monoisotopic (exact) mass is 252 g/mol. The number of hydrogen-bond donors (Lipinski definition) is 0. The first-order valence-electron chi connectivity index (χ1n) is 2.71. The molecule has 0 rings (SSSR count). The van der Waals surface area contributed by atoms with Crippen molar-refractivity contribution in [2.24, 2.45) is 0 Å². The van der Waals surface area contributed by atoms with Gasteiger partial charge in [-0.15, -0.1) is 0 Å². The first kappa shape index (κ1) is 9.44. The molecule has 2 heteroatoms. The normalized spacial score (nSPS) is 11.7. The highest BCUT2D eigenvalue weighted by atomic mass is 79.9. The summed E-state index contributed by atoms with van der Waals surface area (Å²) in [5, 5.41) is 1.76. The van der Waals surface area contributed by atoms with Gasteiger partial charge in [-0.25, -0.2) is 0 Å². The van der Waals surface area contributed by atoms with Crippen molar-refractivity contribution in [2.75, 3.05) is 10.7 Å². The van der Waals surface area contributed by atoms with Crippen molar-refractivity contribution in [1.82, 2.24) is 0 Å². The summed E-state index contributed by atoms with van der Waals surface area (Å²) in [7, 11) is 0. The molecular weight excluding hydrogens is 244 g/mol. The van der Waals surface area contributed by atoms with Crippen molar-refractivity contribution in [2.45, 2.75) is 6.92 Å². The lowest BCUT2D eigenvalue weighted by Gasteiger charge is -2.01. The zero-order valence-corrected chi connectivity index (χ0v) is 8.63. The molecule has 0 aromatic heterocycles. The maximum atomic E-state index is 3.87. The topological polar surface area (TPSA) is 0 Å². The molecule has 0 aliphatic rings. The Bertz CT molecular complexity index is 125. The molecule has 0 aliphatic heterocycles. The standard InChI is InChI=1S/C7H10Br2/c1-3-7(5-9)6(2)4-8/h3H,2,4-5H2,1H3. The van der Waals surface area contributed by atoms with E-state index in [1.54, 1.807) is 0 Å². The van der Waals surface area contributed by atoms with Gasteiger partial charge < -0.3 is 0 Å². The molecule has 52 valence electrons. The van der Waals surface area contributed by atoms with Crippen LogP contribution in [0.3, 0.4) is 0 Å². The van der Waals surface area contributed by atoms with Crippen LogP contribution >= 0.6 is 31.9 Å². The fourth-order valence-electron chi connectivity index (χ4n) is 0.462. The van der Waals surface area contributed by atoms with Crippen LogP contribution in [0.15, 0.2) is 23.8 Å². The average molecular weight is 254 g/mol. The molecule has 0 nitrogen and oxygen atoms in total. The summed E-state index contributed by atoms with van der Waals surface area (Å²) in [6.45, 7) is 5.89. The molecular formula is C7H10Br2. The first-order chi connectivity index (χ1) is 4.26. The van der Waals surface area contributed by atoms with Gasteiger partial charge in [0.05, 0.1) is 0 Å². The fraction of sp³-hybridized carbons (Fsp3) is 0.429. The van der Waals surface area contributed by atoms with Crippen molar-refractivity contribution in [3.05, 3.63) is 23.8 Å². The second kappa shape index (κ2) is 5.24. The SMILES string of the molecule is C=C(CBr)C(=CC)CBr. The van der Waals surface area contributed by atoms with Gasteiger partial charge in [0.1, 0.15) is 0 Å². The molecule has 0 aliphatic carbocycles. The number of halogens is 2. The summed E-state index contributed by atoms with van der Waals surface area (Å²) < 4.78 is 0. The number of allylic oxidation sites excluding steroid dienone is 3. The molecule has 0 aromatic carbocycles. The lowest BCUT2D eigenvalue weighted by atomic mass is 10.1. The van der Waals surface area contributed by atoms with Crippen LogP contribution < -0.4 is 0 Å². The molecule has 0 amide bonds. The lowest BCUT2D eigenvalue weighted by molar-refractivity contribution is 1.38. The summed E-state index contributed by atoms with van der Waals surface area (Å²) in [6.07, 6.45) is 2.07. The van der Waals surface area contributed by atoms with E-state index in [2.05, 4.69) is 44.5 Å². The van der Waals surface area contributed by atoms with E-state index < -0.39 is 0 Å². The van der Waals surface area contributed by atoms with E-state index >= 15 is 0 Å². The molecule has 0 saturated carbocycles. The zero-order chi connectivity index (χ0) is 7.28. The Labute approximate surface area is 73.3 Å². The minimum atomic E-state index is 0.859. The quantitative estimate of drug-likeness (QED) is 0.535. The fourth-order valence-corrected chi connectivity index (χ4v) is 1.54. The summed E-state index contributed by atoms with van der Waals surface area (Å²) in [4.78, 5) is 0. The van der Waals surface area contributed by atoms with Gasteiger partial charge >= 0.3 is 0 Å². The molecule has 0 spiro atoms. The number of rotatable bonds is 3. The molecule has 0 fully saturated rings. The van der Waals surface area contributed by atoms with E-state index in [4.69, 9.17) is 0 Å². The minimum Gasteiger partial charge on any atom is -0.0947 e. The Hall–Kier alpha value is 0.440. The Balaban J connectivity index is 3.97. The Morgan fingerprint density at radius 1 is 1.44 bits per heavy atom. The maximum Gasteiger partial charge on any atom is 0.0282 e. The third-order valence-electron chi connectivity index (χ3n) is 1.11. The average Bonchev–Trinajstić information content (AvgIpc) is 1.90. The second-order valence-electron chi connectivity index (χ2n) is 1.68. The molecule has 0 saturated heterocycles. The van der Waals surface area contributed by atoms with E-state index in [1.165, 1.54) is 5.57 Å². The van der Waals surface area contributed by atoms with Crippen molar-refractivity contribution in [3.63, 3.8) is 0 Å². The second-order valence-corrected chi connectivity index (χ2v) is 2.81. The number of alkyl halides is 2. The van der Waals surface area contributed by atoms with Crippen molar-refractivity contribution in [1.29, 1.82) is 0 Å². The highest BCUT2D eigenvalue weighted by Crippen LogP contribution is 2.12. The van der Waals surface area contributed by atoms with Crippen LogP contribution in [0.5, 0.6) is 0 Å². The highest BCUT2D eigenvalue weighted by molar-refractivity contribution is 9.09. The van der Waals surface area contributed by atoms with E-state index in [0.29, 0.717) is 0 Å². The van der Waals surface area contributed by atoms with Crippen molar-refractivity contribution >= 4 is 31.9 Å². The summed E-state index contributed by atoms with van der Waals surface area (Å²) in [5.41, 5.74) is 2.42. The summed E-state index contributed by atoms with van der Waals surface area (Å²) >= 11 is 6.70. The van der Waals surface area contributed by atoms with Gasteiger partial charge in [-0.2, -0.15) is 0 Å². The van der Waals surface area contributed by atoms with E-state index in [-0.39, 0.29) is 0 Å². The van der Waals surface area contributed by atoms with Crippen LogP contribution in [-0.4, -0.2) is 10.7 Å². The molecule has 0 heterocycles. The molecule has 0 radical (unpaired) electrons. The first-order valence-corrected chi connectivity index (χ1v) is 4.95. The molecule has 0 bridgehead atoms. The minimum absolute atomic E-state index is 0.859. The van der Waals surface area contributed by atoms with Crippen LogP contribution in [0.4, 0.5) is 0 Å². The Kier molecular flexibility index (Phi) is 5.50. The summed E-state index contributed by atoms with van der Waals surface area (Å²) in [5.74, 6) is 0. The summed E-state index contributed by atoms with van der Waals surface area (Å²) in [6, 6.07) is 0. The van der Waals surface area contributed by atoms with Gasteiger partial charge in [0, 0.05) is 10.7 Å². The van der Waals surface area contributed by atoms with Gasteiger partial charge in [-0.3, -0.25) is 0 Å². The third-order valence-corrected chi connectivity index (χ3v) is 2.39. The van der Waals surface area contributed by atoms with Gasteiger partial charge in [0.15, 0.2) is 0 Å². The number of hydrogen-bond acceptors (Lipinski definition) is 0. The smallest absolute Gasteiger partial charge is 0.0282 e. The van der Waals surface area contributed by atoms with Gasteiger partial charge in [0.2, 0.25) is 0 Å². The molecule has 0 unspecified atom stereocenters. The molecule has 0 atom stereocenters. The van der Waals surface area contributed by atoms with E-state index in [9.17, 15) is 0 Å². The van der Waals surface area contributed by atoms with Crippen LogP contribution in [-0.2, 0) is 0 Å². The van der Waals surface area contributed by atoms with Crippen LogP contribution in [0, 0.1) is 0 Å². The van der Waals surface area contributed by atoms with Gasteiger partial charge in [-0.1, -0.05) is 44.5 Å². The van der Waals surface area contributed by atoms with Crippen LogP contribution in [0.2, 0.25) is 0 Å². The zero-order valence-electron chi connectivity index (χ0n) is 5.45. The third kappa shape index (κ3) is 3.21. The van der Waals surface area contributed by atoms with Crippen LogP contribution in [0.1, 0.15) is 6.92 Å². The molecule has 9 heavy (non-hydrogen) atoms. The predicted molar refractivity (Wildman–Crippen MR) is 50.5 cm³/mol. The highest BCUT2D eigenvalue weighted by Gasteiger charge is 1.95. The van der Waals surface area contributed by atoms with Crippen molar-refractivity contribution < 1.29 is 0 Å². The van der Waals surface area contributed by atoms with Gasteiger partial charge in [-0.05, 0) is 18.1 Å².